The minimum Gasteiger partial charge on any atom is -0.267 e. The quantitative estimate of drug-likeness (QED) is 0.508. The normalized spacial score (nSPS) is 11.4. The van der Waals surface area contributed by atoms with Crippen LogP contribution in [0.2, 0.25) is 5.02 Å². The summed E-state index contributed by atoms with van der Waals surface area (Å²) < 4.78 is 3.56. The molecule has 3 heterocycles. The van der Waals surface area contributed by atoms with Crippen LogP contribution in [0.5, 0.6) is 0 Å². The second kappa shape index (κ2) is 5.86. The Morgan fingerprint density at radius 3 is 2.24 bits per heavy atom. The van der Waals surface area contributed by atoms with Gasteiger partial charge in [0.2, 0.25) is 0 Å². The summed E-state index contributed by atoms with van der Waals surface area (Å²) in [6.07, 6.45) is 0. The average Bonchev–Trinajstić information content (AvgIpc) is 3.14. The molecule has 0 radical (unpaired) electrons. The van der Waals surface area contributed by atoms with Crippen molar-refractivity contribution in [2.75, 3.05) is 0 Å². The summed E-state index contributed by atoms with van der Waals surface area (Å²) in [5, 5.41) is 3.31. The largest absolute Gasteiger partial charge is 0.282 e. The maximum atomic E-state index is 13.4. The number of hydrogen-bond acceptors (Lipinski definition) is 3. The van der Waals surface area contributed by atoms with Crippen LogP contribution in [0, 0.1) is 20.8 Å². The molecule has 0 unspecified atom stereocenters. The number of thiophene rings is 1. The Kier molecular flexibility index (Phi) is 3.78. The highest BCUT2D eigenvalue weighted by Gasteiger charge is 2.17. The van der Waals surface area contributed by atoms with Crippen molar-refractivity contribution in [3.63, 3.8) is 0 Å². The van der Waals surface area contributed by atoms with Gasteiger partial charge in [0.15, 0.2) is 0 Å². The zero-order valence-corrected chi connectivity index (χ0v) is 15.6. The summed E-state index contributed by atoms with van der Waals surface area (Å²) >= 11 is 7.48. The lowest BCUT2D eigenvalue weighted by atomic mass is 10.1. The van der Waals surface area contributed by atoms with Crippen LogP contribution >= 0.6 is 22.9 Å². The van der Waals surface area contributed by atoms with E-state index in [1.807, 2.05) is 67.2 Å². The Hall–Kier alpha value is -2.37. The lowest BCUT2D eigenvalue weighted by Crippen LogP contribution is -2.30. The van der Waals surface area contributed by atoms with E-state index in [1.54, 1.807) is 4.68 Å². The predicted molar refractivity (Wildman–Crippen MR) is 104 cm³/mol. The second-order valence-electron chi connectivity index (χ2n) is 6.04. The summed E-state index contributed by atoms with van der Waals surface area (Å²) in [4.78, 5) is 18.8. The fourth-order valence-electron chi connectivity index (χ4n) is 3.14. The molecule has 126 valence electrons. The van der Waals surface area contributed by atoms with Crippen molar-refractivity contribution in [3.8, 4) is 11.1 Å². The average molecular weight is 370 g/mol. The lowest BCUT2D eigenvalue weighted by molar-refractivity contribution is 0.574. The molecule has 0 bridgehead atoms. The van der Waals surface area contributed by atoms with Gasteiger partial charge in [-0.2, -0.15) is 4.68 Å². The van der Waals surface area contributed by atoms with Crippen LogP contribution in [0.25, 0.3) is 21.3 Å². The SMILES string of the molecule is Cc1ccc(C)n1-n1c(C)nc2scc(-c3ccc(Cl)cc3)c2c1=O. The molecule has 0 fully saturated rings. The van der Waals surface area contributed by atoms with E-state index in [2.05, 4.69) is 4.98 Å². The third kappa shape index (κ3) is 2.51. The highest BCUT2D eigenvalue weighted by molar-refractivity contribution is 7.17. The summed E-state index contributed by atoms with van der Waals surface area (Å²) in [7, 11) is 0. The second-order valence-corrected chi connectivity index (χ2v) is 7.33. The van der Waals surface area contributed by atoms with Gasteiger partial charge in [0.05, 0.1) is 5.39 Å². The van der Waals surface area contributed by atoms with Crippen molar-refractivity contribution in [2.24, 2.45) is 0 Å². The number of hydrogen-bond donors (Lipinski definition) is 0. The third-order valence-electron chi connectivity index (χ3n) is 4.34. The molecule has 0 aliphatic heterocycles. The highest BCUT2D eigenvalue weighted by atomic mass is 35.5. The number of fused-ring (bicyclic) bond motifs is 1. The molecular formula is C19H16ClN3OS. The minimum absolute atomic E-state index is 0.0592. The molecule has 0 N–H and O–H groups in total. The molecule has 0 saturated carbocycles. The van der Waals surface area contributed by atoms with Crippen molar-refractivity contribution < 1.29 is 0 Å². The third-order valence-corrected chi connectivity index (χ3v) is 5.46. The molecule has 6 heteroatoms. The summed E-state index contributed by atoms with van der Waals surface area (Å²) in [6.45, 7) is 5.83. The highest BCUT2D eigenvalue weighted by Crippen LogP contribution is 2.31. The minimum atomic E-state index is -0.0592. The van der Waals surface area contributed by atoms with Gasteiger partial charge in [0.25, 0.3) is 5.56 Å². The van der Waals surface area contributed by atoms with E-state index in [9.17, 15) is 4.79 Å². The summed E-state index contributed by atoms with van der Waals surface area (Å²) in [5.41, 5.74) is 3.78. The molecule has 4 aromatic rings. The molecule has 0 aliphatic carbocycles. The first-order valence-corrected chi connectivity index (χ1v) is 9.15. The molecule has 0 aliphatic rings. The van der Waals surface area contributed by atoms with Gasteiger partial charge in [-0.3, -0.25) is 9.47 Å². The van der Waals surface area contributed by atoms with Gasteiger partial charge in [0, 0.05) is 27.4 Å². The molecule has 4 nitrogen and oxygen atoms in total. The van der Waals surface area contributed by atoms with Crippen LogP contribution in [0.1, 0.15) is 17.2 Å². The summed E-state index contributed by atoms with van der Waals surface area (Å²) in [5.74, 6) is 0.671. The van der Waals surface area contributed by atoms with Gasteiger partial charge in [-0.1, -0.05) is 23.7 Å². The fraction of sp³-hybridized carbons (Fsp3) is 0.158. The van der Waals surface area contributed by atoms with E-state index in [4.69, 9.17) is 11.6 Å². The smallest absolute Gasteiger partial charge is 0.267 e. The Morgan fingerprint density at radius 2 is 1.60 bits per heavy atom. The van der Waals surface area contributed by atoms with E-state index < -0.39 is 0 Å². The maximum absolute atomic E-state index is 13.4. The van der Waals surface area contributed by atoms with Gasteiger partial charge in [-0.05, 0) is 50.6 Å². The van der Waals surface area contributed by atoms with Gasteiger partial charge in [-0.25, -0.2) is 4.98 Å². The molecule has 0 saturated heterocycles. The van der Waals surface area contributed by atoms with Crippen LogP contribution < -0.4 is 5.56 Å². The van der Waals surface area contributed by atoms with E-state index in [0.29, 0.717) is 16.2 Å². The number of benzene rings is 1. The number of aryl methyl sites for hydroxylation is 3. The molecule has 3 aromatic heterocycles. The van der Waals surface area contributed by atoms with E-state index in [1.165, 1.54) is 11.3 Å². The number of rotatable bonds is 2. The van der Waals surface area contributed by atoms with Crippen LogP contribution in [-0.4, -0.2) is 14.3 Å². The van der Waals surface area contributed by atoms with E-state index >= 15 is 0 Å². The first kappa shape index (κ1) is 16.1. The van der Waals surface area contributed by atoms with Crippen molar-refractivity contribution in [1.82, 2.24) is 14.3 Å². The van der Waals surface area contributed by atoms with Crippen LogP contribution in [0.3, 0.4) is 0 Å². The fourth-order valence-corrected chi connectivity index (χ4v) is 4.25. The van der Waals surface area contributed by atoms with E-state index in [0.717, 1.165) is 27.3 Å². The predicted octanol–water partition coefficient (Wildman–Crippen LogP) is 4.82. The summed E-state index contributed by atoms with van der Waals surface area (Å²) in [6, 6.07) is 11.5. The number of nitrogens with zero attached hydrogens (tertiary/aromatic N) is 3. The van der Waals surface area contributed by atoms with Crippen LogP contribution in [0.4, 0.5) is 0 Å². The van der Waals surface area contributed by atoms with Crippen molar-refractivity contribution >= 4 is 33.2 Å². The van der Waals surface area contributed by atoms with Crippen molar-refractivity contribution in [1.29, 1.82) is 0 Å². The van der Waals surface area contributed by atoms with Crippen molar-refractivity contribution in [3.05, 3.63) is 74.4 Å². The number of aromatic nitrogens is 3. The van der Waals surface area contributed by atoms with Crippen molar-refractivity contribution in [2.45, 2.75) is 20.8 Å². The standard InChI is InChI=1S/C19H16ClN3OS/c1-11-4-5-12(2)22(11)23-13(3)21-18-17(19(23)24)16(10-25-18)14-6-8-15(20)9-7-14/h4-10H,1-3H3. The van der Waals surface area contributed by atoms with Gasteiger partial charge in [-0.15, -0.1) is 11.3 Å². The Balaban J connectivity index is 2.06. The molecule has 1 aromatic carbocycles. The molecule has 0 spiro atoms. The van der Waals surface area contributed by atoms with E-state index in [-0.39, 0.29) is 5.56 Å². The molecule has 0 amide bonds. The zero-order chi connectivity index (χ0) is 17.7. The molecule has 4 rings (SSSR count). The number of halogens is 1. The molecule has 25 heavy (non-hydrogen) atoms. The Morgan fingerprint density at radius 1 is 0.960 bits per heavy atom. The van der Waals surface area contributed by atoms with Crippen LogP contribution in [-0.2, 0) is 0 Å². The van der Waals surface area contributed by atoms with Gasteiger partial charge in [0.1, 0.15) is 10.7 Å². The van der Waals surface area contributed by atoms with Crippen LogP contribution in [0.15, 0.2) is 46.6 Å². The maximum Gasteiger partial charge on any atom is 0.282 e. The Bertz CT molecular complexity index is 1130. The monoisotopic (exact) mass is 369 g/mol. The molecular weight excluding hydrogens is 354 g/mol. The Labute approximate surface area is 153 Å². The molecule has 0 atom stereocenters. The van der Waals surface area contributed by atoms with Gasteiger partial charge >= 0.3 is 0 Å². The first-order valence-electron chi connectivity index (χ1n) is 7.90. The topological polar surface area (TPSA) is 39.8 Å². The lowest BCUT2D eigenvalue weighted by Gasteiger charge is -2.15. The zero-order valence-electron chi connectivity index (χ0n) is 14.1. The van der Waals surface area contributed by atoms with Gasteiger partial charge < -0.3 is 0 Å². The first-order chi connectivity index (χ1) is 12.0.